The van der Waals surface area contributed by atoms with Gasteiger partial charge in [-0.1, -0.05) is 19.9 Å². The van der Waals surface area contributed by atoms with Crippen molar-refractivity contribution in [1.29, 1.82) is 0 Å². The largest absolute Gasteiger partial charge is 0.313 e. The fourth-order valence-corrected chi connectivity index (χ4v) is 2.63. The molecule has 1 rings (SSSR count). The number of hydrogen-bond acceptors (Lipinski definition) is 5. The summed E-state index contributed by atoms with van der Waals surface area (Å²) in [6, 6.07) is 4.13. The van der Waals surface area contributed by atoms with E-state index in [0.29, 0.717) is 12.1 Å². The molecule has 7 nitrogen and oxygen atoms in total. The number of nitrogens with zero attached hydrogens (tertiary/aromatic N) is 1. The highest BCUT2D eigenvalue weighted by atomic mass is 32.2. The van der Waals surface area contributed by atoms with Gasteiger partial charge in [-0.15, -0.1) is 0 Å². The number of hydrogen-bond donors (Lipinski definition) is 2. The minimum Gasteiger partial charge on any atom is -0.313 e. The lowest BCUT2D eigenvalue weighted by Crippen LogP contribution is -2.34. The van der Waals surface area contributed by atoms with Crippen molar-refractivity contribution in [3.05, 3.63) is 33.9 Å². The maximum Gasteiger partial charge on any atom is 0.273 e. The van der Waals surface area contributed by atoms with Crippen molar-refractivity contribution >= 4 is 15.7 Å². The van der Waals surface area contributed by atoms with Crippen molar-refractivity contribution in [3.8, 4) is 0 Å². The number of nitro benzene ring substituents is 1. The summed E-state index contributed by atoms with van der Waals surface area (Å²) in [5.41, 5.74) is 0.226. The first-order valence-corrected chi connectivity index (χ1v) is 7.70. The van der Waals surface area contributed by atoms with E-state index in [9.17, 15) is 18.5 Å². The molecule has 8 heteroatoms. The Hall–Kier alpha value is -1.51. The van der Waals surface area contributed by atoms with Crippen LogP contribution in [0.3, 0.4) is 0 Å². The second-order valence-electron chi connectivity index (χ2n) is 4.71. The summed E-state index contributed by atoms with van der Waals surface area (Å²) >= 11 is 0. The molecule has 0 fully saturated rings. The second kappa shape index (κ2) is 6.78. The van der Waals surface area contributed by atoms with Crippen molar-refractivity contribution in [2.45, 2.75) is 31.7 Å². The fourth-order valence-electron chi connectivity index (χ4n) is 1.58. The number of nitro groups is 1. The third kappa shape index (κ3) is 4.55. The van der Waals surface area contributed by atoms with Gasteiger partial charge in [-0.2, -0.15) is 0 Å². The molecule has 0 bridgehead atoms. The zero-order valence-corrected chi connectivity index (χ0v) is 12.5. The Bertz CT molecular complexity index is 584. The molecule has 0 aliphatic carbocycles. The summed E-state index contributed by atoms with van der Waals surface area (Å²) in [5, 5.41) is 13.9. The number of aryl methyl sites for hydroxylation is 1. The van der Waals surface area contributed by atoms with Crippen LogP contribution >= 0.6 is 0 Å². The van der Waals surface area contributed by atoms with E-state index in [-0.39, 0.29) is 23.2 Å². The number of benzene rings is 1. The highest BCUT2D eigenvalue weighted by molar-refractivity contribution is 7.89. The van der Waals surface area contributed by atoms with Crippen LogP contribution in [-0.2, 0) is 10.0 Å². The summed E-state index contributed by atoms with van der Waals surface area (Å²) in [6.07, 6.45) is 0. The van der Waals surface area contributed by atoms with Gasteiger partial charge >= 0.3 is 0 Å². The van der Waals surface area contributed by atoms with Crippen molar-refractivity contribution in [1.82, 2.24) is 10.0 Å². The van der Waals surface area contributed by atoms with Crippen LogP contribution in [0.2, 0.25) is 0 Å². The van der Waals surface area contributed by atoms with Gasteiger partial charge in [-0.25, -0.2) is 13.1 Å². The predicted octanol–water partition coefficient (Wildman–Crippen LogP) is 1.18. The van der Waals surface area contributed by atoms with Gasteiger partial charge in [-0.05, 0) is 13.0 Å². The molecule has 0 amide bonds. The highest BCUT2D eigenvalue weighted by Gasteiger charge is 2.19. The topological polar surface area (TPSA) is 101 Å². The zero-order chi connectivity index (χ0) is 15.3. The summed E-state index contributed by atoms with van der Waals surface area (Å²) < 4.78 is 26.4. The van der Waals surface area contributed by atoms with Gasteiger partial charge in [0.15, 0.2) is 0 Å². The predicted molar refractivity (Wildman–Crippen MR) is 76.2 cm³/mol. The quantitative estimate of drug-likeness (QED) is 0.447. The van der Waals surface area contributed by atoms with E-state index < -0.39 is 14.9 Å². The van der Waals surface area contributed by atoms with Gasteiger partial charge in [0.2, 0.25) is 10.0 Å². The summed E-state index contributed by atoms with van der Waals surface area (Å²) in [7, 11) is -3.73. The van der Waals surface area contributed by atoms with Gasteiger partial charge in [0.1, 0.15) is 0 Å². The number of rotatable bonds is 7. The monoisotopic (exact) mass is 301 g/mol. The normalized spacial score (nSPS) is 11.8. The third-order valence-electron chi connectivity index (χ3n) is 2.66. The second-order valence-corrected chi connectivity index (χ2v) is 6.48. The Morgan fingerprint density at radius 2 is 1.95 bits per heavy atom. The van der Waals surface area contributed by atoms with Gasteiger partial charge < -0.3 is 5.32 Å². The number of sulfonamides is 1. The van der Waals surface area contributed by atoms with Crippen LogP contribution in [0, 0.1) is 17.0 Å². The minimum absolute atomic E-state index is 0.0978. The molecule has 0 aromatic heterocycles. The molecule has 1 aromatic carbocycles. The Kier molecular flexibility index (Phi) is 5.61. The van der Waals surface area contributed by atoms with Crippen LogP contribution in [0.25, 0.3) is 0 Å². The Morgan fingerprint density at radius 1 is 1.30 bits per heavy atom. The van der Waals surface area contributed by atoms with Crippen LogP contribution < -0.4 is 10.0 Å². The minimum atomic E-state index is -3.73. The Morgan fingerprint density at radius 3 is 2.50 bits per heavy atom. The van der Waals surface area contributed by atoms with Gasteiger partial charge in [0.05, 0.1) is 9.82 Å². The van der Waals surface area contributed by atoms with E-state index in [0.717, 1.165) is 6.07 Å². The standard InChI is InChI=1S/C12H19N3O4S/c1-9(2)13-6-7-14-20(18,19)11-5-4-10(3)12(8-11)15(16)17/h4-5,8-9,13-14H,6-7H2,1-3H3. The molecule has 0 radical (unpaired) electrons. The molecule has 0 aliphatic rings. The average molecular weight is 301 g/mol. The molecule has 0 saturated heterocycles. The van der Waals surface area contributed by atoms with Crippen molar-refractivity contribution in [3.63, 3.8) is 0 Å². The molecule has 0 spiro atoms. The maximum atomic E-state index is 12.0. The fraction of sp³-hybridized carbons (Fsp3) is 0.500. The first-order valence-electron chi connectivity index (χ1n) is 6.22. The summed E-state index contributed by atoms with van der Waals surface area (Å²) in [5.74, 6) is 0. The molecule has 2 N–H and O–H groups in total. The van der Waals surface area contributed by atoms with Crippen LogP contribution in [-0.4, -0.2) is 32.5 Å². The summed E-state index contributed by atoms with van der Waals surface area (Å²) in [6.45, 7) is 6.19. The van der Waals surface area contributed by atoms with E-state index in [1.165, 1.54) is 12.1 Å². The van der Waals surface area contributed by atoms with Crippen LogP contribution in [0.4, 0.5) is 5.69 Å². The van der Waals surface area contributed by atoms with E-state index in [4.69, 9.17) is 0 Å². The molecular formula is C12H19N3O4S. The molecular weight excluding hydrogens is 282 g/mol. The Labute approximate surface area is 118 Å². The molecule has 0 unspecified atom stereocenters. The average Bonchev–Trinajstić information content (AvgIpc) is 2.34. The number of nitrogens with one attached hydrogen (secondary N) is 2. The van der Waals surface area contributed by atoms with Gasteiger partial charge in [0.25, 0.3) is 5.69 Å². The lowest BCUT2D eigenvalue weighted by molar-refractivity contribution is -0.385. The van der Waals surface area contributed by atoms with Crippen LogP contribution in [0.15, 0.2) is 23.1 Å². The van der Waals surface area contributed by atoms with Gasteiger partial charge in [-0.3, -0.25) is 10.1 Å². The highest BCUT2D eigenvalue weighted by Crippen LogP contribution is 2.21. The molecule has 20 heavy (non-hydrogen) atoms. The lowest BCUT2D eigenvalue weighted by Gasteiger charge is -2.10. The Balaban J connectivity index is 2.82. The van der Waals surface area contributed by atoms with Crippen molar-refractivity contribution < 1.29 is 13.3 Å². The zero-order valence-electron chi connectivity index (χ0n) is 11.7. The maximum absolute atomic E-state index is 12.0. The molecule has 1 aromatic rings. The first kappa shape index (κ1) is 16.5. The lowest BCUT2D eigenvalue weighted by atomic mass is 10.2. The molecule has 0 saturated carbocycles. The van der Waals surface area contributed by atoms with E-state index in [1.54, 1.807) is 6.92 Å². The van der Waals surface area contributed by atoms with E-state index in [1.807, 2.05) is 13.8 Å². The molecule has 0 heterocycles. The van der Waals surface area contributed by atoms with Crippen molar-refractivity contribution in [2.24, 2.45) is 0 Å². The van der Waals surface area contributed by atoms with Crippen LogP contribution in [0.5, 0.6) is 0 Å². The SMILES string of the molecule is Cc1ccc(S(=O)(=O)NCCNC(C)C)cc1[N+](=O)[O-]. The van der Waals surface area contributed by atoms with Crippen molar-refractivity contribution in [2.75, 3.05) is 13.1 Å². The molecule has 0 aliphatic heterocycles. The van der Waals surface area contributed by atoms with E-state index in [2.05, 4.69) is 10.0 Å². The third-order valence-corrected chi connectivity index (χ3v) is 4.12. The van der Waals surface area contributed by atoms with E-state index >= 15 is 0 Å². The molecule has 0 atom stereocenters. The smallest absolute Gasteiger partial charge is 0.273 e. The van der Waals surface area contributed by atoms with Crippen LogP contribution in [0.1, 0.15) is 19.4 Å². The first-order chi connectivity index (χ1) is 9.24. The molecule has 112 valence electrons. The van der Waals surface area contributed by atoms with Gasteiger partial charge in [0, 0.05) is 30.8 Å². The summed E-state index contributed by atoms with van der Waals surface area (Å²) in [4.78, 5) is 10.1.